The van der Waals surface area contributed by atoms with Crippen molar-refractivity contribution in [3.05, 3.63) is 64.1 Å². The summed E-state index contributed by atoms with van der Waals surface area (Å²) in [5, 5.41) is 10.0. The molecular formula is C24H25ClN6O. The number of nitrogen functional groups attached to an aromatic ring is 1. The number of hydrogen-bond donors (Lipinski definition) is 1. The van der Waals surface area contributed by atoms with Gasteiger partial charge in [0.15, 0.2) is 11.6 Å². The van der Waals surface area contributed by atoms with E-state index < -0.39 is 0 Å². The molecule has 3 aromatic heterocycles. The molecule has 1 aliphatic rings. The van der Waals surface area contributed by atoms with Gasteiger partial charge in [-0.05, 0) is 26.8 Å². The minimum absolute atomic E-state index is 0.270. The summed E-state index contributed by atoms with van der Waals surface area (Å²) < 4.78 is 10.1. The number of aryl methyl sites for hydroxylation is 3. The standard InChI is InChI=1S/C24H25ClN6O/c1-5-31-22-15(12-28-31)9-19-21(29-30(4)23(19)25)17-7-6-13(2)8-18(17)14(3)32-20-10-16(22)11-27-24(20)26/h6-8,10-12,14H,5,9H2,1-4H3,(H2,26,27). The van der Waals surface area contributed by atoms with Crippen molar-refractivity contribution in [2.24, 2.45) is 7.05 Å². The van der Waals surface area contributed by atoms with Crippen molar-refractivity contribution in [2.45, 2.75) is 39.8 Å². The highest BCUT2D eigenvalue weighted by molar-refractivity contribution is 6.30. The molecule has 1 unspecified atom stereocenters. The number of rotatable bonds is 1. The van der Waals surface area contributed by atoms with Crippen molar-refractivity contribution < 1.29 is 4.74 Å². The highest BCUT2D eigenvalue weighted by atomic mass is 35.5. The van der Waals surface area contributed by atoms with Gasteiger partial charge in [-0.1, -0.05) is 35.4 Å². The Balaban J connectivity index is 1.84. The molecule has 0 spiro atoms. The minimum Gasteiger partial charge on any atom is -0.482 e. The smallest absolute Gasteiger partial charge is 0.166 e. The molecule has 0 saturated heterocycles. The van der Waals surface area contributed by atoms with Crippen LogP contribution in [-0.2, 0) is 20.0 Å². The lowest BCUT2D eigenvalue weighted by Gasteiger charge is -2.21. The van der Waals surface area contributed by atoms with Gasteiger partial charge in [0.25, 0.3) is 0 Å². The third kappa shape index (κ3) is 3.24. The molecule has 0 aliphatic carbocycles. The predicted molar refractivity (Wildman–Crippen MR) is 126 cm³/mol. The largest absolute Gasteiger partial charge is 0.482 e. The first-order valence-corrected chi connectivity index (χ1v) is 11.0. The van der Waals surface area contributed by atoms with Gasteiger partial charge in [-0.25, -0.2) is 4.98 Å². The molecule has 5 rings (SSSR count). The summed E-state index contributed by atoms with van der Waals surface area (Å²) in [5.74, 6) is 0.912. The molecule has 4 aromatic rings. The topological polar surface area (TPSA) is 83.8 Å². The summed E-state index contributed by atoms with van der Waals surface area (Å²) in [6.07, 6.45) is 4.00. The van der Waals surface area contributed by atoms with Crippen LogP contribution >= 0.6 is 11.6 Å². The maximum absolute atomic E-state index is 6.76. The summed E-state index contributed by atoms with van der Waals surface area (Å²) >= 11 is 6.76. The fourth-order valence-corrected chi connectivity index (χ4v) is 4.60. The Bertz CT molecular complexity index is 1340. The average Bonchev–Trinajstić information content (AvgIpc) is 3.30. The zero-order chi connectivity index (χ0) is 22.6. The fraction of sp³-hybridized carbons (Fsp3) is 0.292. The lowest BCUT2D eigenvalue weighted by molar-refractivity contribution is 0.228. The number of nitrogens with two attached hydrogens (primary N) is 1. The van der Waals surface area contributed by atoms with Crippen LogP contribution in [0.15, 0.2) is 36.7 Å². The Morgan fingerprint density at radius 2 is 2.06 bits per heavy atom. The van der Waals surface area contributed by atoms with E-state index in [1.54, 1.807) is 10.9 Å². The van der Waals surface area contributed by atoms with E-state index in [1.165, 1.54) is 0 Å². The third-order valence-corrected chi connectivity index (χ3v) is 6.48. The van der Waals surface area contributed by atoms with E-state index >= 15 is 0 Å². The normalized spacial score (nSPS) is 15.1. The maximum Gasteiger partial charge on any atom is 0.166 e. The van der Waals surface area contributed by atoms with E-state index in [-0.39, 0.29) is 6.10 Å². The molecule has 32 heavy (non-hydrogen) atoms. The minimum atomic E-state index is -0.270. The molecule has 0 saturated carbocycles. The van der Waals surface area contributed by atoms with E-state index in [2.05, 4.69) is 42.1 Å². The number of hydrogen-bond acceptors (Lipinski definition) is 5. The van der Waals surface area contributed by atoms with E-state index in [0.29, 0.717) is 23.1 Å². The van der Waals surface area contributed by atoms with Gasteiger partial charge in [-0.3, -0.25) is 9.36 Å². The summed E-state index contributed by atoms with van der Waals surface area (Å²) in [4.78, 5) is 4.43. The van der Waals surface area contributed by atoms with Gasteiger partial charge in [0, 0.05) is 54.0 Å². The molecule has 2 N–H and O–H groups in total. The Labute approximate surface area is 191 Å². The quantitative estimate of drug-likeness (QED) is 0.445. The first-order valence-electron chi connectivity index (χ1n) is 10.7. The van der Waals surface area contributed by atoms with Crippen molar-refractivity contribution in [3.8, 4) is 28.3 Å². The molecule has 2 bridgehead atoms. The van der Waals surface area contributed by atoms with Gasteiger partial charge >= 0.3 is 0 Å². The molecule has 0 amide bonds. The number of aromatic nitrogens is 5. The van der Waals surface area contributed by atoms with Crippen LogP contribution in [0.25, 0.3) is 22.5 Å². The van der Waals surface area contributed by atoms with Crippen LogP contribution in [0.4, 0.5) is 5.82 Å². The molecule has 8 heteroatoms. The SMILES string of the molecule is CCn1ncc2c1-c1cnc(N)c(c1)OC(C)c1cc(C)ccc1-c1nn(C)c(Cl)c1C2. The van der Waals surface area contributed by atoms with Crippen LogP contribution in [0.3, 0.4) is 0 Å². The number of pyridine rings is 1. The predicted octanol–water partition coefficient (Wildman–Crippen LogP) is 4.95. The highest BCUT2D eigenvalue weighted by Gasteiger charge is 2.26. The van der Waals surface area contributed by atoms with Crippen LogP contribution in [0.5, 0.6) is 5.75 Å². The number of benzene rings is 1. The molecule has 1 aromatic carbocycles. The number of halogens is 1. The van der Waals surface area contributed by atoms with E-state index in [0.717, 1.165) is 51.3 Å². The average molecular weight is 449 g/mol. The summed E-state index contributed by atoms with van der Waals surface area (Å²) in [7, 11) is 1.87. The van der Waals surface area contributed by atoms with Gasteiger partial charge in [0.05, 0.1) is 17.6 Å². The molecule has 0 radical (unpaired) electrons. The molecule has 1 atom stereocenters. The Kier molecular flexibility index (Phi) is 4.93. The zero-order valence-corrected chi connectivity index (χ0v) is 19.3. The second kappa shape index (κ2) is 7.67. The van der Waals surface area contributed by atoms with Crippen LogP contribution in [0.1, 0.15) is 42.2 Å². The molecule has 7 nitrogen and oxygen atoms in total. The second-order valence-corrected chi connectivity index (χ2v) is 8.57. The van der Waals surface area contributed by atoms with Gasteiger partial charge in [0.1, 0.15) is 11.3 Å². The molecular weight excluding hydrogens is 424 g/mol. The Hall–Kier alpha value is -3.32. The summed E-state index contributed by atoms with van der Waals surface area (Å²) in [5.41, 5.74) is 14.1. The summed E-state index contributed by atoms with van der Waals surface area (Å²) in [6.45, 7) is 6.87. The van der Waals surface area contributed by atoms with Crippen LogP contribution in [0, 0.1) is 6.92 Å². The van der Waals surface area contributed by atoms with Gasteiger partial charge in [0.2, 0.25) is 0 Å². The molecule has 1 aliphatic heterocycles. The van der Waals surface area contributed by atoms with Crippen molar-refractivity contribution >= 4 is 17.4 Å². The second-order valence-electron chi connectivity index (χ2n) is 8.21. The lowest BCUT2D eigenvalue weighted by atomic mass is 9.93. The highest BCUT2D eigenvalue weighted by Crippen LogP contribution is 2.40. The van der Waals surface area contributed by atoms with Crippen LogP contribution < -0.4 is 10.5 Å². The summed E-state index contributed by atoms with van der Waals surface area (Å²) in [6, 6.07) is 8.26. The van der Waals surface area contributed by atoms with Crippen LogP contribution in [0.2, 0.25) is 5.15 Å². The molecule has 0 fully saturated rings. The van der Waals surface area contributed by atoms with E-state index in [1.807, 2.05) is 30.9 Å². The van der Waals surface area contributed by atoms with E-state index in [4.69, 9.17) is 27.2 Å². The molecule has 4 heterocycles. The van der Waals surface area contributed by atoms with E-state index in [9.17, 15) is 0 Å². The van der Waals surface area contributed by atoms with Gasteiger partial charge in [-0.2, -0.15) is 10.2 Å². The van der Waals surface area contributed by atoms with Crippen molar-refractivity contribution in [1.29, 1.82) is 0 Å². The Morgan fingerprint density at radius 3 is 2.84 bits per heavy atom. The number of ether oxygens (including phenoxy) is 1. The fourth-order valence-electron chi connectivity index (χ4n) is 4.41. The van der Waals surface area contributed by atoms with Crippen molar-refractivity contribution in [1.82, 2.24) is 24.5 Å². The van der Waals surface area contributed by atoms with Crippen molar-refractivity contribution in [3.63, 3.8) is 0 Å². The Morgan fingerprint density at radius 1 is 1.25 bits per heavy atom. The number of anilines is 1. The maximum atomic E-state index is 6.76. The number of nitrogens with zero attached hydrogens (tertiary/aromatic N) is 5. The monoisotopic (exact) mass is 448 g/mol. The number of fused-ring (bicyclic) bond motifs is 7. The molecule has 164 valence electrons. The lowest BCUT2D eigenvalue weighted by Crippen LogP contribution is -2.10. The van der Waals surface area contributed by atoms with Crippen molar-refractivity contribution in [2.75, 3.05) is 5.73 Å². The third-order valence-electron chi connectivity index (χ3n) is 6.01. The van der Waals surface area contributed by atoms with Gasteiger partial charge < -0.3 is 10.5 Å². The van der Waals surface area contributed by atoms with Crippen LogP contribution in [-0.4, -0.2) is 24.5 Å². The zero-order valence-electron chi connectivity index (χ0n) is 18.6. The first-order chi connectivity index (χ1) is 15.4. The first kappa shape index (κ1) is 20.6. The van der Waals surface area contributed by atoms with Gasteiger partial charge in [-0.15, -0.1) is 0 Å².